The lowest BCUT2D eigenvalue weighted by atomic mass is 9.67. The van der Waals surface area contributed by atoms with Crippen molar-refractivity contribution in [2.24, 2.45) is 17.8 Å². The lowest BCUT2D eigenvalue weighted by molar-refractivity contribution is -0.137. The predicted molar refractivity (Wildman–Crippen MR) is 78.2 cm³/mol. The largest absolute Gasteiger partial charge is 0.353 e. The van der Waals surface area contributed by atoms with Crippen LogP contribution >= 0.6 is 0 Å². The third-order valence-electron chi connectivity index (χ3n) is 5.62. The van der Waals surface area contributed by atoms with Crippen LogP contribution in [0.15, 0.2) is 0 Å². The van der Waals surface area contributed by atoms with Crippen molar-refractivity contribution in [1.29, 1.82) is 0 Å². The van der Waals surface area contributed by atoms with Gasteiger partial charge in [-0.25, -0.2) is 0 Å². The molecule has 0 aromatic rings. The Hall–Kier alpha value is -0.860. The van der Waals surface area contributed by atoms with Crippen molar-refractivity contribution in [2.45, 2.75) is 76.7 Å². The second-order valence-electron chi connectivity index (χ2n) is 7.09. The van der Waals surface area contributed by atoms with E-state index in [0.717, 1.165) is 38.5 Å². The van der Waals surface area contributed by atoms with Crippen molar-refractivity contribution >= 4 is 11.7 Å². The molecule has 3 heteroatoms. The van der Waals surface area contributed by atoms with Gasteiger partial charge in [0.15, 0.2) is 0 Å². The molecule has 0 aliphatic heterocycles. The maximum Gasteiger partial charge on any atom is 0.223 e. The second-order valence-corrected chi connectivity index (χ2v) is 7.09. The second kappa shape index (κ2) is 6.28. The molecule has 3 aliphatic rings. The Morgan fingerprint density at radius 3 is 2.05 bits per heavy atom. The zero-order chi connectivity index (χ0) is 13.9. The van der Waals surface area contributed by atoms with Crippen LogP contribution in [0.2, 0.25) is 0 Å². The van der Waals surface area contributed by atoms with Gasteiger partial charge in [0.2, 0.25) is 5.91 Å². The van der Waals surface area contributed by atoms with Gasteiger partial charge in [0.25, 0.3) is 0 Å². The van der Waals surface area contributed by atoms with Gasteiger partial charge < -0.3 is 5.32 Å². The fraction of sp³-hybridized carbons (Fsp3) is 0.882. The summed E-state index contributed by atoms with van der Waals surface area (Å²) in [6.07, 6.45) is 12.3. The van der Waals surface area contributed by atoms with Crippen molar-refractivity contribution in [2.75, 3.05) is 0 Å². The molecule has 3 rings (SSSR count). The fourth-order valence-corrected chi connectivity index (χ4v) is 4.44. The zero-order valence-corrected chi connectivity index (χ0v) is 12.4. The van der Waals surface area contributed by atoms with E-state index >= 15 is 0 Å². The van der Waals surface area contributed by atoms with Gasteiger partial charge in [0.05, 0.1) is 0 Å². The summed E-state index contributed by atoms with van der Waals surface area (Å²) in [5.41, 5.74) is 0. The molecule has 0 radical (unpaired) electrons. The Labute approximate surface area is 121 Å². The quantitative estimate of drug-likeness (QED) is 0.788. The maximum atomic E-state index is 12.5. The van der Waals surface area contributed by atoms with Crippen LogP contribution in [0.1, 0.15) is 70.6 Å². The van der Waals surface area contributed by atoms with Gasteiger partial charge in [-0.2, -0.15) is 0 Å². The van der Waals surface area contributed by atoms with Crippen molar-refractivity contribution in [1.82, 2.24) is 5.32 Å². The molecule has 0 saturated heterocycles. The first-order valence-electron chi connectivity index (χ1n) is 8.58. The number of hydrogen-bond acceptors (Lipinski definition) is 2. The minimum atomic E-state index is 0.103. The van der Waals surface area contributed by atoms with E-state index in [9.17, 15) is 9.59 Å². The summed E-state index contributed by atoms with van der Waals surface area (Å²) < 4.78 is 0. The number of amides is 1. The third-order valence-corrected chi connectivity index (χ3v) is 5.62. The van der Waals surface area contributed by atoms with E-state index in [1.54, 1.807) is 0 Å². The molecule has 1 unspecified atom stereocenters. The molecule has 0 heterocycles. The molecule has 0 aromatic carbocycles. The summed E-state index contributed by atoms with van der Waals surface area (Å²) in [6, 6.07) is 0.391. The van der Waals surface area contributed by atoms with E-state index in [2.05, 4.69) is 5.32 Å². The Morgan fingerprint density at radius 2 is 1.45 bits per heavy atom. The van der Waals surface area contributed by atoms with E-state index in [1.165, 1.54) is 32.1 Å². The molecule has 112 valence electrons. The summed E-state index contributed by atoms with van der Waals surface area (Å²) in [5.74, 6) is 1.17. The molecular weight excluding hydrogens is 250 g/mol. The van der Waals surface area contributed by atoms with Gasteiger partial charge in [-0.15, -0.1) is 0 Å². The first kappa shape index (κ1) is 14.1. The molecule has 1 amide bonds. The third kappa shape index (κ3) is 3.07. The topological polar surface area (TPSA) is 46.2 Å². The number of carbonyl (C=O) groups excluding carboxylic acids is 2. The summed E-state index contributed by atoms with van der Waals surface area (Å²) in [7, 11) is 0. The highest BCUT2D eigenvalue weighted by Crippen LogP contribution is 2.40. The Morgan fingerprint density at radius 1 is 0.850 bits per heavy atom. The van der Waals surface area contributed by atoms with Crippen LogP contribution in [0, 0.1) is 17.8 Å². The van der Waals surface area contributed by atoms with Gasteiger partial charge in [-0.1, -0.05) is 32.1 Å². The fourth-order valence-electron chi connectivity index (χ4n) is 4.44. The lowest BCUT2D eigenvalue weighted by Gasteiger charge is -2.37. The maximum absolute atomic E-state index is 12.5. The number of ketones is 1. The number of rotatable bonds is 2. The molecule has 1 N–H and O–H groups in total. The van der Waals surface area contributed by atoms with Crippen LogP contribution in [0.4, 0.5) is 0 Å². The van der Waals surface area contributed by atoms with Crippen LogP contribution in [0.3, 0.4) is 0 Å². The number of carbonyl (C=O) groups is 2. The summed E-state index contributed by atoms with van der Waals surface area (Å²) in [5, 5.41) is 3.28. The van der Waals surface area contributed by atoms with Crippen LogP contribution < -0.4 is 5.32 Å². The zero-order valence-electron chi connectivity index (χ0n) is 12.4. The lowest BCUT2D eigenvalue weighted by Crippen LogP contribution is -2.45. The molecule has 3 saturated carbocycles. The minimum absolute atomic E-state index is 0.103. The molecule has 2 bridgehead atoms. The first-order valence-corrected chi connectivity index (χ1v) is 8.58. The highest BCUT2D eigenvalue weighted by Gasteiger charge is 2.41. The van der Waals surface area contributed by atoms with Crippen LogP contribution in [-0.2, 0) is 9.59 Å². The highest BCUT2D eigenvalue weighted by molar-refractivity contribution is 5.88. The average Bonchev–Trinajstić information content (AvgIpc) is 2.67. The molecule has 20 heavy (non-hydrogen) atoms. The van der Waals surface area contributed by atoms with Crippen LogP contribution in [0.25, 0.3) is 0 Å². The van der Waals surface area contributed by atoms with Gasteiger partial charge in [-0.3, -0.25) is 9.59 Å². The minimum Gasteiger partial charge on any atom is -0.353 e. The number of fused-ring (bicyclic) bond motifs is 2. The van der Waals surface area contributed by atoms with Crippen molar-refractivity contribution in [3.05, 3.63) is 0 Å². The average molecular weight is 277 g/mol. The smallest absolute Gasteiger partial charge is 0.223 e. The molecule has 0 aromatic heterocycles. The standard InChI is InChI=1S/C17H27NO2/c19-16-12-6-5-7-13(16)11-14(10-12)17(20)18-15-8-3-1-2-4-9-15/h12-15H,1-11H2,(H,18,20)/t12-,13+,14?. The molecule has 3 fully saturated rings. The van der Waals surface area contributed by atoms with Crippen LogP contribution in [-0.4, -0.2) is 17.7 Å². The van der Waals surface area contributed by atoms with Crippen molar-refractivity contribution in [3.8, 4) is 0 Å². The van der Waals surface area contributed by atoms with E-state index in [-0.39, 0.29) is 23.7 Å². The van der Waals surface area contributed by atoms with E-state index in [1.807, 2.05) is 0 Å². The predicted octanol–water partition coefficient (Wildman–Crippen LogP) is 3.22. The van der Waals surface area contributed by atoms with Crippen molar-refractivity contribution in [3.63, 3.8) is 0 Å². The van der Waals surface area contributed by atoms with E-state index in [0.29, 0.717) is 11.8 Å². The van der Waals surface area contributed by atoms with Gasteiger partial charge in [0.1, 0.15) is 5.78 Å². The van der Waals surface area contributed by atoms with Gasteiger partial charge in [-0.05, 0) is 38.5 Å². The van der Waals surface area contributed by atoms with Crippen LogP contribution in [0.5, 0.6) is 0 Å². The molecule has 3 nitrogen and oxygen atoms in total. The number of nitrogens with one attached hydrogen (secondary N) is 1. The molecule has 3 atom stereocenters. The highest BCUT2D eigenvalue weighted by atomic mass is 16.2. The molecule has 0 spiro atoms. The Kier molecular flexibility index (Phi) is 4.42. The normalized spacial score (nSPS) is 35.4. The molecule has 3 aliphatic carbocycles. The SMILES string of the molecule is O=C(NC1CCCCCC1)C1C[C@H]2CCC[C@@H](C1)C2=O. The number of Topliss-reactive ketones (excluding diaryl/α,β-unsaturated/α-hetero) is 1. The monoisotopic (exact) mass is 277 g/mol. The van der Waals surface area contributed by atoms with Crippen molar-refractivity contribution < 1.29 is 9.59 Å². The summed E-state index contributed by atoms with van der Waals surface area (Å²) >= 11 is 0. The summed E-state index contributed by atoms with van der Waals surface area (Å²) in [6.45, 7) is 0. The van der Waals surface area contributed by atoms with Gasteiger partial charge >= 0.3 is 0 Å². The summed E-state index contributed by atoms with van der Waals surface area (Å²) in [4.78, 5) is 24.6. The Bertz CT molecular complexity index is 355. The van der Waals surface area contributed by atoms with Gasteiger partial charge in [0, 0.05) is 23.8 Å². The Balaban J connectivity index is 1.56. The number of hydrogen-bond donors (Lipinski definition) is 1. The molecular formula is C17H27NO2. The first-order chi connectivity index (χ1) is 9.74. The van der Waals surface area contributed by atoms with E-state index < -0.39 is 0 Å². The van der Waals surface area contributed by atoms with E-state index in [4.69, 9.17) is 0 Å².